The van der Waals surface area contributed by atoms with E-state index in [2.05, 4.69) is 0 Å². The smallest absolute Gasteiger partial charge is 0.219 e. The molecule has 0 aromatic heterocycles. The number of nitrogens with zero attached hydrogens (tertiary/aromatic N) is 3. The van der Waals surface area contributed by atoms with Gasteiger partial charge >= 0.3 is 0 Å². The van der Waals surface area contributed by atoms with Gasteiger partial charge in [0.15, 0.2) is 5.57 Å². The second kappa shape index (κ2) is 7.42. The van der Waals surface area contributed by atoms with Crippen LogP contribution in [0.2, 0.25) is 0 Å². The van der Waals surface area contributed by atoms with E-state index >= 15 is 0 Å². The lowest BCUT2D eigenvalue weighted by Crippen LogP contribution is -2.19. The van der Waals surface area contributed by atoms with E-state index in [-0.39, 0.29) is 11.7 Å². The quantitative estimate of drug-likeness (QED) is 0.802. The normalized spacial score (nSPS) is 15.9. The lowest BCUT2D eigenvalue weighted by molar-refractivity contribution is 0.157. The first-order valence-corrected chi connectivity index (χ1v) is 7.89. The second-order valence-electron chi connectivity index (χ2n) is 5.62. The average Bonchev–Trinajstić information content (AvgIpc) is 3.07. The molecule has 0 aliphatic carbocycles. The molecular weight excluding hydrogens is 314 g/mol. The summed E-state index contributed by atoms with van der Waals surface area (Å²) in [7, 11) is 1.61. The van der Waals surface area contributed by atoms with Crippen molar-refractivity contribution in [2.24, 2.45) is 0 Å². The first kappa shape index (κ1) is 16.4. The third-order valence-corrected chi connectivity index (χ3v) is 4.07. The monoisotopic (exact) mass is 331 g/mol. The summed E-state index contributed by atoms with van der Waals surface area (Å²) in [6.07, 6.45) is -0.299. The highest BCUT2D eigenvalue weighted by atomic mass is 16.5. The van der Waals surface area contributed by atoms with E-state index in [0.29, 0.717) is 19.0 Å². The molecule has 1 fully saturated rings. The molecule has 2 aromatic rings. The number of hydrogen-bond donors (Lipinski definition) is 0. The van der Waals surface area contributed by atoms with Crippen molar-refractivity contribution in [1.82, 2.24) is 4.90 Å². The molecule has 25 heavy (non-hydrogen) atoms. The molecule has 3 rings (SSSR count). The standard InChI is InChI=1S/C20H17N3O2/c1-24-18-10-6-5-9-17(18)19-14-23(13-15-7-3-2-4-8-15)20(25-19)16(11-21)12-22/h2-10,19H,13-14H2,1H3. The predicted molar refractivity (Wildman–Crippen MR) is 91.9 cm³/mol. The Labute approximate surface area is 146 Å². The van der Waals surface area contributed by atoms with Gasteiger partial charge < -0.3 is 14.4 Å². The van der Waals surface area contributed by atoms with E-state index in [1.54, 1.807) is 7.11 Å². The van der Waals surface area contributed by atoms with Crippen LogP contribution in [0.4, 0.5) is 0 Å². The molecule has 0 bridgehead atoms. The van der Waals surface area contributed by atoms with Crippen LogP contribution in [-0.4, -0.2) is 18.6 Å². The van der Waals surface area contributed by atoms with Gasteiger partial charge in [-0.3, -0.25) is 0 Å². The van der Waals surface area contributed by atoms with Crippen LogP contribution in [0.25, 0.3) is 0 Å². The molecule has 1 unspecified atom stereocenters. The van der Waals surface area contributed by atoms with Gasteiger partial charge in [0.1, 0.15) is 24.0 Å². The Kier molecular flexibility index (Phi) is 4.87. The van der Waals surface area contributed by atoms with Crippen molar-refractivity contribution in [2.75, 3.05) is 13.7 Å². The highest BCUT2D eigenvalue weighted by Gasteiger charge is 2.33. The van der Waals surface area contributed by atoms with E-state index < -0.39 is 0 Å². The molecular formula is C20H17N3O2. The van der Waals surface area contributed by atoms with Crippen LogP contribution >= 0.6 is 0 Å². The van der Waals surface area contributed by atoms with E-state index in [9.17, 15) is 10.5 Å². The number of hydrogen-bond acceptors (Lipinski definition) is 5. The number of rotatable bonds is 4. The summed E-state index contributed by atoms with van der Waals surface area (Å²) in [6.45, 7) is 1.10. The third-order valence-electron chi connectivity index (χ3n) is 4.07. The van der Waals surface area contributed by atoms with Crippen molar-refractivity contribution < 1.29 is 9.47 Å². The van der Waals surface area contributed by atoms with Gasteiger partial charge in [0.2, 0.25) is 5.88 Å². The largest absolute Gasteiger partial charge is 0.496 e. The Morgan fingerprint density at radius 1 is 1.12 bits per heavy atom. The SMILES string of the molecule is COc1ccccc1C1CN(Cc2ccccc2)C(=C(C#N)C#N)O1. The van der Waals surface area contributed by atoms with Gasteiger partial charge in [-0.25, -0.2) is 0 Å². The maximum atomic E-state index is 9.27. The van der Waals surface area contributed by atoms with Crippen LogP contribution in [0.15, 0.2) is 66.1 Å². The molecule has 1 aliphatic heterocycles. The first-order chi connectivity index (χ1) is 12.3. The van der Waals surface area contributed by atoms with Crippen LogP contribution in [0.1, 0.15) is 17.2 Å². The zero-order valence-electron chi connectivity index (χ0n) is 13.8. The summed E-state index contributed by atoms with van der Waals surface area (Å²) < 4.78 is 11.4. The van der Waals surface area contributed by atoms with E-state index in [4.69, 9.17) is 9.47 Å². The lowest BCUT2D eigenvalue weighted by atomic mass is 10.1. The summed E-state index contributed by atoms with van der Waals surface area (Å²) in [5.41, 5.74) is 1.96. The third kappa shape index (κ3) is 3.41. The molecule has 5 heteroatoms. The van der Waals surface area contributed by atoms with Crippen LogP contribution in [-0.2, 0) is 11.3 Å². The maximum absolute atomic E-state index is 9.27. The van der Waals surface area contributed by atoms with E-state index in [0.717, 1.165) is 16.9 Å². The summed E-state index contributed by atoms with van der Waals surface area (Å²) in [5.74, 6) is 1.05. The Bertz CT molecular complexity index is 847. The fourth-order valence-electron chi connectivity index (χ4n) is 2.90. The van der Waals surface area contributed by atoms with E-state index in [1.807, 2.05) is 71.6 Å². The van der Waals surface area contributed by atoms with Gasteiger partial charge in [-0.2, -0.15) is 10.5 Å². The van der Waals surface area contributed by atoms with Crippen molar-refractivity contribution in [3.8, 4) is 17.9 Å². The van der Waals surface area contributed by atoms with Gasteiger partial charge in [0.25, 0.3) is 0 Å². The second-order valence-corrected chi connectivity index (χ2v) is 5.62. The summed E-state index contributed by atoms with van der Waals surface area (Å²) >= 11 is 0. The molecule has 1 saturated heterocycles. The average molecular weight is 331 g/mol. The zero-order chi connectivity index (χ0) is 17.6. The Morgan fingerprint density at radius 2 is 1.80 bits per heavy atom. The van der Waals surface area contributed by atoms with Crippen molar-refractivity contribution in [3.63, 3.8) is 0 Å². The van der Waals surface area contributed by atoms with Crippen molar-refractivity contribution in [2.45, 2.75) is 12.6 Å². The first-order valence-electron chi connectivity index (χ1n) is 7.89. The molecule has 0 saturated carbocycles. The minimum absolute atomic E-state index is 0.0201. The number of methoxy groups -OCH3 is 1. The van der Waals surface area contributed by atoms with Crippen molar-refractivity contribution >= 4 is 0 Å². The Balaban J connectivity index is 1.95. The van der Waals surface area contributed by atoms with Crippen LogP contribution in [0.5, 0.6) is 5.75 Å². The van der Waals surface area contributed by atoms with Crippen molar-refractivity contribution in [3.05, 3.63) is 77.2 Å². The number of benzene rings is 2. The predicted octanol–water partition coefficient (Wildman–Crippen LogP) is 3.53. The van der Waals surface area contributed by atoms with E-state index in [1.165, 1.54) is 0 Å². The van der Waals surface area contributed by atoms with Crippen molar-refractivity contribution in [1.29, 1.82) is 10.5 Å². The minimum Gasteiger partial charge on any atom is -0.496 e. The Morgan fingerprint density at radius 3 is 2.48 bits per heavy atom. The fourth-order valence-corrected chi connectivity index (χ4v) is 2.90. The van der Waals surface area contributed by atoms with Gasteiger partial charge in [-0.1, -0.05) is 48.5 Å². The van der Waals surface area contributed by atoms with Gasteiger partial charge in [-0.05, 0) is 11.6 Å². The highest BCUT2D eigenvalue weighted by molar-refractivity contribution is 5.41. The topological polar surface area (TPSA) is 69.3 Å². The number of allylic oxidation sites excluding steroid dienone is 1. The number of ether oxygens (including phenoxy) is 2. The molecule has 0 spiro atoms. The molecule has 0 amide bonds. The summed E-state index contributed by atoms with van der Waals surface area (Å²) in [4.78, 5) is 1.92. The zero-order valence-corrected chi connectivity index (χ0v) is 13.8. The molecule has 5 nitrogen and oxygen atoms in total. The fraction of sp³-hybridized carbons (Fsp3) is 0.200. The molecule has 124 valence electrons. The molecule has 1 aliphatic rings. The molecule has 1 atom stereocenters. The molecule has 1 heterocycles. The molecule has 2 aromatic carbocycles. The van der Waals surface area contributed by atoms with Crippen LogP contribution in [0.3, 0.4) is 0 Å². The number of nitriles is 2. The summed E-state index contributed by atoms with van der Waals surface area (Å²) in [6, 6.07) is 21.4. The molecule has 0 N–H and O–H groups in total. The lowest BCUT2D eigenvalue weighted by Gasteiger charge is -2.17. The summed E-state index contributed by atoms with van der Waals surface area (Å²) in [5, 5.41) is 18.5. The minimum atomic E-state index is -0.299. The maximum Gasteiger partial charge on any atom is 0.219 e. The Hall–Kier alpha value is -3.44. The number of para-hydroxylation sites is 1. The van der Waals surface area contributed by atoms with Crippen LogP contribution in [0, 0.1) is 22.7 Å². The highest BCUT2D eigenvalue weighted by Crippen LogP contribution is 2.37. The van der Waals surface area contributed by atoms with Gasteiger partial charge in [0, 0.05) is 12.1 Å². The van der Waals surface area contributed by atoms with Gasteiger partial charge in [-0.15, -0.1) is 0 Å². The van der Waals surface area contributed by atoms with Gasteiger partial charge in [0.05, 0.1) is 13.7 Å². The molecule has 0 radical (unpaired) electrons. The van der Waals surface area contributed by atoms with Crippen LogP contribution < -0.4 is 4.74 Å².